The molecule has 7 heteroatoms. The number of esters is 1. The number of ether oxygens (including phenoxy) is 1. The zero-order valence-electron chi connectivity index (χ0n) is 11.5. The van der Waals surface area contributed by atoms with Crippen molar-refractivity contribution in [2.45, 2.75) is 25.9 Å². The van der Waals surface area contributed by atoms with Crippen molar-refractivity contribution in [3.8, 4) is 0 Å². The SMILES string of the molecule is CCCC(O)CNc1cc(C(=O)OC)ccc1[N+](=O)[O-]. The molecule has 0 aliphatic rings. The zero-order chi connectivity index (χ0) is 15.1. The molecule has 0 radical (unpaired) electrons. The van der Waals surface area contributed by atoms with Crippen molar-refractivity contribution < 1.29 is 19.6 Å². The molecule has 7 nitrogen and oxygen atoms in total. The Morgan fingerprint density at radius 1 is 1.55 bits per heavy atom. The molecule has 0 spiro atoms. The van der Waals surface area contributed by atoms with E-state index in [4.69, 9.17) is 0 Å². The number of aliphatic hydroxyl groups excluding tert-OH is 1. The van der Waals surface area contributed by atoms with E-state index in [1.165, 1.54) is 25.3 Å². The number of rotatable bonds is 7. The lowest BCUT2D eigenvalue weighted by Gasteiger charge is -2.12. The smallest absolute Gasteiger partial charge is 0.337 e. The fourth-order valence-corrected chi connectivity index (χ4v) is 1.74. The molecule has 2 N–H and O–H groups in total. The number of nitrogens with one attached hydrogen (secondary N) is 1. The van der Waals surface area contributed by atoms with Crippen LogP contribution in [0.1, 0.15) is 30.1 Å². The van der Waals surface area contributed by atoms with Crippen LogP contribution in [0.5, 0.6) is 0 Å². The summed E-state index contributed by atoms with van der Waals surface area (Å²) in [6.45, 7) is 2.11. The number of carbonyl (C=O) groups is 1. The average Bonchev–Trinajstić information content (AvgIpc) is 2.44. The van der Waals surface area contributed by atoms with Crippen LogP contribution in [0.4, 0.5) is 11.4 Å². The molecule has 1 rings (SSSR count). The lowest BCUT2D eigenvalue weighted by molar-refractivity contribution is -0.384. The van der Waals surface area contributed by atoms with E-state index in [0.717, 1.165) is 6.42 Å². The summed E-state index contributed by atoms with van der Waals surface area (Å²) < 4.78 is 4.57. The van der Waals surface area contributed by atoms with E-state index >= 15 is 0 Å². The van der Waals surface area contributed by atoms with Crippen molar-refractivity contribution in [1.82, 2.24) is 0 Å². The Morgan fingerprint density at radius 3 is 2.80 bits per heavy atom. The van der Waals surface area contributed by atoms with E-state index < -0.39 is 17.0 Å². The molecule has 0 heterocycles. The van der Waals surface area contributed by atoms with Gasteiger partial charge >= 0.3 is 5.97 Å². The van der Waals surface area contributed by atoms with Gasteiger partial charge in [0, 0.05) is 12.6 Å². The number of hydrogen-bond acceptors (Lipinski definition) is 6. The summed E-state index contributed by atoms with van der Waals surface area (Å²) in [5, 5.41) is 23.4. The normalized spacial score (nSPS) is 11.8. The number of benzene rings is 1. The van der Waals surface area contributed by atoms with Gasteiger partial charge in [-0.25, -0.2) is 4.79 Å². The van der Waals surface area contributed by atoms with Crippen LogP contribution in [0.15, 0.2) is 18.2 Å². The molecular formula is C13H18N2O5. The molecule has 20 heavy (non-hydrogen) atoms. The van der Waals surface area contributed by atoms with Gasteiger partial charge in [0.05, 0.1) is 23.7 Å². The van der Waals surface area contributed by atoms with Gasteiger partial charge in [-0.15, -0.1) is 0 Å². The van der Waals surface area contributed by atoms with Crippen LogP contribution >= 0.6 is 0 Å². The van der Waals surface area contributed by atoms with E-state index in [1.54, 1.807) is 0 Å². The Balaban J connectivity index is 2.94. The average molecular weight is 282 g/mol. The second kappa shape index (κ2) is 7.44. The van der Waals surface area contributed by atoms with Gasteiger partial charge < -0.3 is 15.2 Å². The molecule has 1 unspecified atom stereocenters. The summed E-state index contributed by atoms with van der Waals surface area (Å²) in [6, 6.07) is 3.92. The number of hydrogen-bond donors (Lipinski definition) is 2. The number of aliphatic hydroxyl groups is 1. The number of nitrogens with zero attached hydrogens (tertiary/aromatic N) is 1. The van der Waals surface area contributed by atoms with Gasteiger partial charge in [-0.05, 0) is 18.6 Å². The minimum absolute atomic E-state index is 0.152. The summed E-state index contributed by atoms with van der Waals surface area (Å²) in [4.78, 5) is 21.8. The summed E-state index contributed by atoms with van der Waals surface area (Å²) in [5.74, 6) is -0.572. The Kier molecular flexibility index (Phi) is 5.92. The van der Waals surface area contributed by atoms with Gasteiger partial charge in [-0.1, -0.05) is 13.3 Å². The molecule has 0 amide bonds. The molecule has 0 saturated heterocycles. The third-order valence-corrected chi connectivity index (χ3v) is 2.76. The standard InChI is InChI=1S/C13H18N2O5/c1-3-4-10(16)8-14-11-7-9(13(17)20-2)5-6-12(11)15(18)19/h5-7,10,14,16H,3-4,8H2,1-2H3. The van der Waals surface area contributed by atoms with Crippen molar-refractivity contribution in [1.29, 1.82) is 0 Å². The molecule has 0 aliphatic heterocycles. The molecule has 0 aromatic heterocycles. The maximum atomic E-state index is 11.4. The fraction of sp³-hybridized carbons (Fsp3) is 0.462. The van der Waals surface area contributed by atoms with Crippen molar-refractivity contribution in [2.24, 2.45) is 0 Å². The van der Waals surface area contributed by atoms with Crippen LogP contribution in [-0.4, -0.2) is 35.8 Å². The van der Waals surface area contributed by atoms with Crippen LogP contribution in [0.25, 0.3) is 0 Å². The summed E-state index contributed by atoms with van der Waals surface area (Å²) in [6.07, 6.45) is 0.811. The maximum absolute atomic E-state index is 11.4. The molecule has 0 bridgehead atoms. The largest absolute Gasteiger partial charge is 0.465 e. The Morgan fingerprint density at radius 2 is 2.25 bits per heavy atom. The summed E-state index contributed by atoms with van der Waals surface area (Å²) >= 11 is 0. The summed E-state index contributed by atoms with van der Waals surface area (Å²) in [5.41, 5.74) is 0.250. The van der Waals surface area contributed by atoms with Crippen LogP contribution < -0.4 is 5.32 Å². The molecule has 1 atom stereocenters. The lowest BCUT2D eigenvalue weighted by atomic mass is 10.1. The fourth-order valence-electron chi connectivity index (χ4n) is 1.74. The van der Waals surface area contributed by atoms with Crippen LogP contribution in [0, 0.1) is 10.1 Å². The minimum atomic E-state index is -0.596. The van der Waals surface area contributed by atoms with Crippen molar-refractivity contribution in [3.05, 3.63) is 33.9 Å². The lowest BCUT2D eigenvalue weighted by Crippen LogP contribution is -2.19. The highest BCUT2D eigenvalue weighted by Crippen LogP contribution is 2.25. The highest BCUT2D eigenvalue weighted by Gasteiger charge is 2.17. The molecule has 0 fully saturated rings. The van der Waals surface area contributed by atoms with E-state index in [0.29, 0.717) is 6.42 Å². The Labute approximate surface area is 116 Å². The number of carbonyl (C=O) groups excluding carboxylic acids is 1. The first-order valence-corrected chi connectivity index (χ1v) is 6.28. The topological polar surface area (TPSA) is 102 Å². The Bertz CT molecular complexity index is 490. The number of nitro groups is 1. The second-order valence-electron chi connectivity index (χ2n) is 4.30. The van der Waals surface area contributed by atoms with E-state index in [1.807, 2.05) is 6.92 Å². The van der Waals surface area contributed by atoms with Crippen molar-refractivity contribution in [2.75, 3.05) is 19.0 Å². The predicted molar refractivity (Wildman–Crippen MR) is 73.8 cm³/mol. The van der Waals surface area contributed by atoms with Gasteiger partial charge in [-0.2, -0.15) is 0 Å². The van der Waals surface area contributed by atoms with Crippen molar-refractivity contribution >= 4 is 17.3 Å². The highest BCUT2D eigenvalue weighted by atomic mass is 16.6. The van der Waals surface area contributed by atoms with E-state index in [9.17, 15) is 20.0 Å². The van der Waals surface area contributed by atoms with Crippen LogP contribution in [-0.2, 0) is 4.74 Å². The highest BCUT2D eigenvalue weighted by molar-refractivity contribution is 5.91. The Hall–Kier alpha value is -2.15. The van der Waals surface area contributed by atoms with E-state index in [-0.39, 0.29) is 23.5 Å². The van der Waals surface area contributed by atoms with Crippen LogP contribution in [0.2, 0.25) is 0 Å². The predicted octanol–water partition coefficient (Wildman–Crippen LogP) is 1.95. The van der Waals surface area contributed by atoms with Gasteiger partial charge in [0.25, 0.3) is 5.69 Å². The summed E-state index contributed by atoms with van der Waals surface area (Å²) in [7, 11) is 1.24. The first-order valence-electron chi connectivity index (χ1n) is 6.28. The zero-order valence-corrected chi connectivity index (χ0v) is 11.5. The monoisotopic (exact) mass is 282 g/mol. The number of nitro benzene ring substituents is 1. The maximum Gasteiger partial charge on any atom is 0.337 e. The molecule has 0 aliphatic carbocycles. The third kappa shape index (κ3) is 4.20. The van der Waals surface area contributed by atoms with Crippen LogP contribution in [0.3, 0.4) is 0 Å². The number of anilines is 1. The second-order valence-corrected chi connectivity index (χ2v) is 4.30. The van der Waals surface area contributed by atoms with Gasteiger partial charge in [0.15, 0.2) is 0 Å². The van der Waals surface area contributed by atoms with E-state index in [2.05, 4.69) is 10.1 Å². The third-order valence-electron chi connectivity index (χ3n) is 2.76. The minimum Gasteiger partial charge on any atom is -0.465 e. The van der Waals surface area contributed by atoms with Crippen molar-refractivity contribution in [3.63, 3.8) is 0 Å². The molecule has 1 aromatic rings. The molecular weight excluding hydrogens is 264 g/mol. The quantitative estimate of drug-likeness (QED) is 0.450. The first-order chi connectivity index (χ1) is 9.49. The molecule has 110 valence electrons. The number of methoxy groups -OCH3 is 1. The van der Waals surface area contributed by atoms with Gasteiger partial charge in [-0.3, -0.25) is 10.1 Å². The molecule has 0 saturated carbocycles. The van der Waals surface area contributed by atoms with Gasteiger partial charge in [0.2, 0.25) is 0 Å². The molecule has 1 aromatic carbocycles. The van der Waals surface area contributed by atoms with Gasteiger partial charge in [0.1, 0.15) is 5.69 Å². The first kappa shape index (κ1) is 15.9.